The summed E-state index contributed by atoms with van der Waals surface area (Å²) in [5.74, 6) is -0.0700. The topological polar surface area (TPSA) is 42.0 Å². The number of halogens is 1. The van der Waals surface area contributed by atoms with E-state index in [4.69, 9.17) is 0 Å². The summed E-state index contributed by atoms with van der Waals surface area (Å²) in [4.78, 5) is 16.0. The Balaban J connectivity index is 2.00. The number of hydrogen-bond donors (Lipinski definition) is 1. The van der Waals surface area contributed by atoms with Crippen LogP contribution < -0.4 is 5.32 Å². The molecule has 1 fully saturated rings. The van der Waals surface area contributed by atoms with Gasteiger partial charge in [0.15, 0.2) is 0 Å². The van der Waals surface area contributed by atoms with Gasteiger partial charge in [0.05, 0.1) is 0 Å². The Kier molecular flexibility index (Phi) is 3.93. The fourth-order valence-electron chi connectivity index (χ4n) is 2.05. The van der Waals surface area contributed by atoms with Crippen LogP contribution in [0.3, 0.4) is 0 Å². The number of hydrogen-bond acceptors (Lipinski definition) is 2. The summed E-state index contributed by atoms with van der Waals surface area (Å²) in [6, 6.07) is 3.97. The van der Waals surface area contributed by atoms with Crippen LogP contribution in [0.2, 0.25) is 0 Å². The lowest BCUT2D eigenvalue weighted by Crippen LogP contribution is -2.36. The first-order valence-corrected chi connectivity index (χ1v) is 6.48. The van der Waals surface area contributed by atoms with Gasteiger partial charge >= 0.3 is 0 Å². The fraction of sp³-hybridized carbons (Fsp3) is 0.500. The van der Waals surface area contributed by atoms with Crippen molar-refractivity contribution in [2.75, 3.05) is 0 Å². The molecule has 1 N–H and O–H groups in total. The number of carbonyl (C=O) groups excluding carboxylic acids is 1. The second kappa shape index (κ2) is 5.43. The van der Waals surface area contributed by atoms with Crippen molar-refractivity contribution in [2.45, 2.75) is 38.1 Å². The predicted molar refractivity (Wildman–Crippen MR) is 66.3 cm³/mol. The Hall–Kier alpha value is -0.900. The summed E-state index contributed by atoms with van der Waals surface area (Å²) in [5.41, 5.74) is 0.480. The number of carbonyl (C=O) groups is 1. The summed E-state index contributed by atoms with van der Waals surface area (Å²) in [6.45, 7) is 0. The third-order valence-corrected chi connectivity index (χ3v) is 3.55. The number of pyridine rings is 1. The van der Waals surface area contributed by atoms with Crippen LogP contribution in [0, 0.1) is 0 Å². The number of nitrogens with zero attached hydrogens (tertiary/aromatic N) is 1. The van der Waals surface area contributed by atoms with Crippen LogP contribution in [-0.4, -0.2) is 16.9 Å². The Labute approximate surface area is 104 Å². The van der Waals surface area contributed by atoms with Crippen molar-refractivity contribution < 1.29 is 4.79 Å². The Morgan fingerprint density at radius 2 is 2.12 bits per heavy atom. The zero-order valence-corrected chi connectivity index (χ0v) is 10.7. The van der Waals surface area contributed by atoms with Crippen LogP contribution in [0.15, 0.2) is 22.8 Å². The Morgan fingerprint density at radius 3 is 2.81 bits per heavy atom. The molecule has 0 spiro atoms. The fourth-order valence-corrected chi connectivity index (χ4v) is 2.49. The normalized spacial score (nSPS) is 17.1. The molecule has 1 aromatic heterocycles. The quantitative estimate of drug-likeness (QED) is 0.906. The van der Waals surface area contributed by atoms with Crippen LogP contribution in [0.5, 0.6) is 0 Å². The first kappa shape index (κ1) is 11.6. The van der Waals surface area contributed by atoms with Gasteiger partial charge in [0.25, 0.3) is 5.91 Å². The molecule has 0 atom stereocenters. The number of nitrogens with one attached hydrogen (secondary N) is 1. The van der Waals surface area contributed by atoms with E-state index in [1.165, 1.54) is 19.3 Å². The summed E-state index contributed by atoms with van der Waals surface area (Å²) in [5, 5.41) is 3.04. The standard InChI is InChI=1S/C12H15BrN2O/c13-10-7-4-8-14-11(10)12(16)15-9-5-2-1-3-6-9/h4,7-9H,1-3,5-6H2,(H,15,16). The molecule has 0 aromatic carbocycles. The maximum absolute atomic E-state index is 11.9. The smallest absolute Gasteiger partial charge is 0.271 e. The van der Waals surface area contributed by atoms with E-state index in [2.05, 4.69) is 26.2 Å². The summed E-state index contributed by atoms with van der Waals surface area (Å²) in [7, 11) is 0. The SMILES string of the molecule is O=C(NC1CCCCC1)c1ncccc1Br. The average Bonchev–Trinajstić information content (AvgIpc) is 2.31. The van der Waals surface area contributed by atoms with Crippen molar-refractivity contribution in [3.8, 4) is 0 Å². The summed E-state index contributed by atoms with van der Waals surface area (Å²) >= 11 is 3.34. The van der Waals surface area contributed by atoms with Gasteiger partial charge in [0.2, 0.25) is 0 Å². The van der Waals surface area contributed by atoms with Crippen LogP contribution in [0.25, 0.3) is 0 Å². The number of rotatable bonds is 2. The van der Waals surface area contributed by atoms with E-state index in [9.17, 15) is 4.79 Å². The van der Waals surface area contributed by atoms with E-state index in [0.29, 0.717) is 11.7 Å². The van der Waals surface area contributed by atoms with Crippen molar-refractivity contribution >= 4 is 21.8 Å². The molecule has 86 valence electrons. The van der Waals surface area contributed by atoms with Crippen molar-refractivity contribution in [1.82, 2.24) is 10.3 Å². The van der Waals surface area contributed by atoms with Crippen molar-refractivity contribution in [3.63, 3.8) is 0 Å². The lowest BCUT2D eigenvalue weighted by Gasteiger charge is -2.22. The van der Waals surface area contributed by atoms with Crippen LogP contribution >= 0.6 is 15.9 Å². The highest BCUT2D eigenvalue weighted by atomic mass is 79.9. The van der Waals surface area contributed by atoms with Gasteiger partial charge < -0.3 is 5.32 Å². The molecule has 1 aliphatic rings. The minimum absolute atomic E-state index is 0.0700. The summed E-state index contributed by atoms with van der Waals surface area (Å²) < 4.78 is 0.753. The number of aromatic nitrogens is 1. The maximum atomic E-state index is 11.9. The molecule has 4 heteroatoms. The van der Waals surface area contributed by atoms with Crippen molar-refractivity contribution in [2.24, 2.45) is 0 Å². The Morgan fingerprint density at radius 1 is 1.38 bits per heavy atom. The lowest BCUT2D eigenvalue weighted by molar-refractivity contribution is 0.0922. The minimum Gasteiger partial charge on any atom is -0.348 e. The van der Waals surface area contributed by atoms with Crippen LogP contribution in [0.1, 0.15) is 42.6 Å². The molecule has 3 nitrogen and oxygen atoms in total. The number of amides is 1. The van der Waals surface area contributed by atoms with E-state index >= 15 is 0 Å². The third kappa shape index (κ3) is 2.82. The second-order valence-electron chi connectivity index (χ2n) is 4.14. The molecule has 0 unspecified atom stereocenters. The zero-order valence-electron chi connectivity index (χ0n) is 9.08. The van der Waals surface area contributed by atoms with Gasteiger partial charge in [-0.15, -0.1) is 0 Å². The van der Waals surface area contributed by atoms with Gasteiger partial charge in [-0.2, -0.15) is 0 Å². The predicted octanol–water partition coefficient (Wildman–Crippen LogP) is 2.91. The molecule has 1 amide bonds. The highest BCUT2D eigenvalue weighted by molar-refractivity contribution is 9.10. The largest absolute Gasteiger partial charge is 0.348 e. The lowest BCUT2D eigenvalue weighted by atomic mass is 9.95. The molecule has 1 saturated carbocycles. The molecule has 1 aliphatic carbocycles. The zero-order chi connectivity index (χ0) is 11.4. The molecule has 0 radical (unpaired) electrons. The average molecular weight is 283 g/mol. The molecule has 16 heavy (non-hydrogen) atoms. The van der Waals surface area contributed by atoms with E-state index in [1.807, 2.05) is 12.1 Å². The molecule has 1 aromatic rings. The van der Waals surface area contributed by atoms with E-state index < -0.39 is 0 Å². The van der Waals surface area contributed by atoms with E-state index in [1.54, 1.807) is 6.20 Å². The highest BCUT2D eigenvalue weighted by Gasteiger charge is 2.18. The van der Waals surface area contributed by atoms with Gasteiger partial charge in [-0.25, -0.2) is 4.98 Å². The molecule has 0 aliphatic heterocycles. The van der Waals surface area contributed by atoms with Gasteiger partial charge in [-0.3, -0.25) is 4.79 Å². The van der Waals surface area contributed by atoms with Crippen molar-refractivity contribution in [1.29, 1.82) is 0 Å². The second-order valence-corrected chi connectivity index (χ2v) is 5.00. The van der Waals surface area contributed by atoms with Gasteiger partial charge in [0.1, 0.15) is 5.69 Å². The molecule has 0 saturated heterocycles. The molecule has 1 heterocycles. The first-order valence-electron chi connectivity index (χ1n) is 5.69. The van der Waals surface area contributed by atoms with Crippen LogP contribution in [-0.2, 0) is 0 Å². The van der Waals surface area contributed by atoms with Gasteiger partial charge in [-0.05, 0) is 40.9 Å². The van der Waals surface area contributed by atoms with Crippen LogP contribution in [0.4, 0.5) is 0 Å². The molecular formula is C12H15BrN2O. The molecule has 0 bridgehead atoms. The van der Waals surface area contributed by atoms with Gasteiger partial charge in [0, 0.05) is 16.7 Å². The molecule has 2 rings (SSSR count). The van der Waals surface area contributed by atoms with E-state index in [-0.39, 0.29) is 5.91 Å². The first-order chi connectivity index (χ1) is 7.77. The third-order valence-electron chi connectivity index (χ3n) is 2.91. The highest BCUT2D eigenvalue weighted by Crippen LogP contribution is 2.19. The van der Waals surface area contributed by atoms with Gasteiger partial charge in [-0.1, -0.05) is 19.3 Å². The maximum Gasteiger partial charge on any atom is 0.271 e. The minimum atomic E-state index is -0.0700. The molecular weight excluding hydrogens is 268 g/mol. The van der Waals surface area contributed by atoms with E-state index in [0.717, 1.165) is 17.3 Å². The monoisotopic (exact) mass is 282 g/mol. The summed E-state index contributed by atoms with van der Waals surface area (Å²) in [6.07, 6.45) is 7.55. The Bertz CT molecular complexity index is 375. The van der Waals surface area contributed by atoms with Crippen molar-refractivity contribution in [3.05, 3.63) is 28.5 Å².